The van der Waals surface area contributed by atoms with Gasteiger partial charge in [-0.25, -0.2) is 0 Å². The molecule has 1 saturated heterocycles. The summed E-state index contributed by atoms with van der Waals surface area (Å²) in [5, 5.41) is 8.38. The minimum Gasteiger partial charge on any atom is -0.497 e. The number of methoxy groups -OCH3 is 1. The maximum atomic E-state index is 14.6. The lowest BCUT2D eigenvalue weighted by Gasteiger charge is -2.36. The molecule has 0 aromatic heterocycles. The lowest BCUT2D eigenvalue weighted by molar-refractivity contribution is -0.143. The average molecular weight is 664 g/mol. The van der Waals surface area contributed by atoms with Crippen LogP contribution in [0.5, 0.6) is 5.75 Å². The number of anilines is 1. The van der Waals surface area contributed by atoms with Gasteiger partial charge in [-0.15, -0.1) is 0 Å². The number of oxime groups is 1. The van der Waals surface area contributed by atoms with Crippen molar-refractivity contribution in [1.29, 1.82) is 0 Å². The number of halogens is 1. The van der Waals surface area contributed by atoms with Crippen LogP contribution in [0.4, 0.5) is 5.69 Å². The Morgan fingerprint density at radius 1 is 1.13 bits per heavy atom. The molecule has 2 aliphatic heterocycles. The van der Waals surface area contributed by atoms with Crippen LogP contribution < -0.4 is 10.1 Å². The summed E-state index contributed by atoms with van der Waals surface area (Å²) in [6.45, 7) is 8.00. The van der Waals surface area contributed by atoms with Crippen LogP contribution in [0.15, 0.2) is 53.7 Å². The van der Waals surface area contributed by atoms with Crippen LogP contribution in [0, 0.1) is 17.3 Å². The number of ether oxygens (including phenoxy) is 1. The van der Waals surface area contributed by atoms with Gasteiger partial charge in [-0.3, -0.25) is 19.2 Å². The first kappa shape index (κ1) is 34.6. The summed E-state index contributed by atoms with van der Waals surface area (Å²) < 4.78 is 5.40. The van der Waals surface area contributed by atoms with Crippen molar-refractivity contribution in [2.24, 2.45) is 22.4 Å². The van der Waals surface area contributed by atoms with E-state index in [0.29, 0.717) is 41.4 Å². The summed E-state index contributed by atoms with van der Waals surface area (Å²) in [6, 6.07) is 13.2. The number of rotatable bonds is 14. The molecule has 1 amide bonds. The van der Waals surface area contributed by atoms with Crippen LogP contribution in [0.3, 0.4) is 0 Å². The van der Waals surface area contributed by atoms with Gasteiger partial charge in [0.15, 0.2) is 17.2 Å². The minimum atomic E-state index is -0.919. The number of ketones is 3. The van der Waals surface area contributed by atoms with Crippen molar-refractivity contribution < 1.29 is 28.8 Å². The Morgan fingerprint density at radius 3 is 2.53 bits per heavy atom. The molecule has 3 aliphatic rings. The highest BCUT2D eigenvalue weighted by atomic mass is 35.5. The maximum Gasteiger partial charge on any atom is 0.246 e. The van der Waals surface area contributed by atoms with E-state index in [0.717, 1.165) is 18.4 Å². The number of Topliss-reactive ketones (excluding diaryl/α,β-unsaturated/α-hetero) is 3. The number of nitrogens with one attached hydrogen (secondary N) is 1. The van der Waals surface area contributed by atoms with Crippen LogP contribution in [0.2, 0.25) is 5.02 Å². The minimum absolute atomic E-state index is 0.0981. The van der Waals surface area contributed by atoms with Gasteiger partial charge >= 0.3 is 0 Å². The Morgan fingerprint density at radius 2 is 1.87 bits per heavy atom. The molecule has 4 atom stereocenters. The van der Waals surface area contributed by atoms with E-state index in [9.17, 15) is 19.2 Å². The summed E-state index contributed by atoms with van der Waals surface area (Å²) in [4.78, 5) is 62.7. The third-order valence-electron chi connectivity index (χ3n) is 9.45. The fourth-order valence-corrected chi connectivity index (χ4v) is 6.86. The van der Waals surface area contributed by atoms with Crippen LogP contribution in [-0.2, 0) is 24.0 Å². The monoisotopic (exact) mass is 663 g/mol. The first-order valence-corrected chi connectivity index (χ1v) is 17.0. The zero-order chi connectivity index (χ0) is 33.9. The van der Waals surface area contributed by atoms with Gasteiger partial charge < -0.3 is 19.8 Å². The summed E-state index contributed by atoms with van der Waals surface area (Å²) >= 11 is 6.26. The number of amides is 1. The van der Waals surface area contributed by atoms with Gasteiger partial charge in [0.1, 0.15) is 11.8 Å². The van der Waals surface area contributed by atoms with Crippen molar-refractivity contribution in [3.8, 4) is 5.75 Å². The lowest BCUT2D eigenvalue weighted by Crippen LogP contribution is -2.53. The Kier molecular flexibility index (Phi) is 10.4. The van der Waals surface area contributed by atoms with Gasteiger partial charge in [0, 0.05) is 53.9 Å². The van der Waals surface area contributed by atoms with E-state index in [2.05, 4.69) is 10.5 Å². The van der Waals surface area contributed by atoms with Crippen molar-refractivity contribution in [2.75, 3.05) is 19.0 Å². The fraction of sp³-hybridized carbons (Fsp3) is 0.541. The number of likely N-dealkylation sites (tertiary alicyclic amines) is 1. The average Bonchev–Trinajstić information content (AvgIpc) is 3.63. The summed E-state index contributed by atoms with van der Waals surface area (Å²) in [7, 11) is 1.59. The molecule has 1 aliphatic carbocycles. The SMILES string of the molecule is CCC[C@H](CC(=O)[C@@H]1C[C@]2(CC(c3cccc(Cl)c3)=NO2)CN1C(=O)[C@@H](Nc1cccc(OC)c1)C(C)(C)C)C(=O)C(=O)CC1CC1. The topological polar surface area (TPSA) is 114 Å². The van der Waals surface area contributed by atoms with E-state index in [1.807, 2.05) is 70.2 Å². The molecule has 47 heavy (non-hydrogen) atoms. The molecule has 2 fully saturated rings. The Hall–Kier alpha value is -3.72. The molecule has 2 heterocycles. The zero-order valence-electron chi connectivity index (χ0n) is 28.0. The molecule has 0 unspecified atom stereocenters. The smallest absolute Gasteiger partial charge is 0.246 e. The van der Waals surface area contributed by atoms with Gasteiger partial charge in [0.2, 0.25) is 11.7 Å². The molecule has 5 rings (SSSR count). The van der Waals surface area contributed by atoms with Crippen molar-refractivity contribution >= 4 is 46.3 Å². The highest BCUT2D eigenvalue weighted by Crippen LogP contribution is 2.41. The van der Waals surface area contributed by atoms with Gasteiger partial charge in [0.05, 0.1) is 25.4 Å². The van der Waals surface area contributed by atoms with E-state index < -0.39 is 34.8 Å². The van der Waals surface area contributed by atoms with Gasteiger partial charge in [-0.1, -0.05) is 69.1 Å². The fourth-order valence-electron chi connectivity index (χ4n) is 6.67. The number of hydrogen-bond acceptors (Lipinski definition) is 8. The van der Waals surface area contributed by atoms with E-state index in [1.165, 1.54) is 0 Å². The van der Waals surface area contributed by atoms with Crippen LogP contribution >= 0.6 is 11.6 Å². The first-order valence-electron chi connectivity index (χ1n) is 16.6. The van der Waals surface area contributed by atoms with Crippen LogP contribution in [0.1, 0.15) is 84.6 Å². The van der Waals surface area contributed by atoms with Crippen LogP contribution in [-0.4, -0.2) is 65.2 Å². The van der Waals surface area contributed by atoms with Crippen molar-refractivity contribution in [3.63, 3.8) is 0 Å². The predicted octanol–water partition coefficient (Wildman–Crippen LogP) is 6.65. The summed E-state index contributed by atoms with van der Waals surface area (Å²) in [5.41, 5.74) is 0.758. The zero-order valence-corrected chi connectivity index (χ0v) is 28.8. The predicted molar refractivity (Wildman–Crippen MR) is 182 cm³/mol. The third kappa shape index (κ3) is 8.23. The molecule has 2 aromatic rings. The second kappa shape index (κ2) is 14.2. The molecular weight excluding hydrogens is 618 g/mol. The van der Waals surface area contributed by atoms with E-state index in [1.54, 1.807) is 18.1 Å². The number of nitrogens with zero attached hydrogens (tertiary/aromatic N) is 2. The second-order valence-electron chi connectivity index (χ2n) is 14.5. The molecule has 252 valence electrons. The standard InChI is InChI=1S/C37H46ClN3O6/c1-6-9-25(33(44)32(43)16-23-14-15-23)18-31(42)30-21-37(20-29(40-47-37)24-10-7-11-26(38)17-24)22-41(30)35(45)34(36(2,3)4)39-27-12-8-13-28(19-27)46-5/h7-8,10-13,17,19,23,25,30,34,39H,6,9,14-16,18,20-22H2,1-5H3/t25-,30+,34-,37-/m1/s1. The van der Waals surface area contributed by atoms with Crippen LogP contribution in [0.25, 0.3) is 0 Å². The second-order valence-corrected chi connectivity index (χ2v) is 14.9. The molecule has 1 saturated carbocycles. The molecular formula is C37H46ClN3O6. The largest absolute Gasteiger partial charge is 0.497 e. The highest BCUT2D eigenvalue weighted by molar-refractivity contribution is 6.38. The van der Waals surface area contributed by atoms with E-state index >= 15 is 0 Å². The van der Waals surface area contributed by atoms with E-state index in [4.69, 9.17) is 21.2 Å². The summed E-state index contributed by atoms with van der Waals surface area (Å²) in [6.07, 6.45) is 3.81. The number of benzene rings is 2. The van der Waals surface area contributed by atoms with E-state index in [-0.39, 0.29) is 49.2 Å². The molecule has 10 heteroatoms. The van der Waals surface area contributed by atoms with Crippen molar-refractivity contribution in [3.05, 3.63) is 59.1 Å². The Labute approximate surface area is 282 Å². The van der Waals surface area contributed by atoms with Gasteiger partial charge in [-0.2, -0.15) is 0 Å². The normalized spacial score (nSPS) is 22.0. The van der Waals surface area contributed by atoms with Gasteiger partial charge in [0.25, 0.3) is 0 Å². The molecule has 0 radical (unpaired) electrons. The van der Waals surface area contributed by atoms with Crippen molar-refractivity contribution in [1.82, 2.24) is 4.90 Å². The molecule has 9 nitrogen and oxygen atoms in total. The highest BCUT2D eigenvalue weighted by Gasteiger charge is 2.55. The third-order valence-corrected chi connectivity index (χ3v) is 9.68. The van der Waals surface area contributed by atoms with Gasteiger partial charge in [-0.05, 0) is 54.9 Å². The Balaban J connectivity index is 1.43. The Bertz CT molecular complexity index is 1550. The van der Waals surface area contributed by atoms with Crippen molar-refractivity contribution in [2.45, 2.75) is 96.7 Å². The number of carbonyl (C=O) groups excluding carboxylic acids is 4. The molecule has 0 bridgehead atoms. The molecule has 1 spiro atoms. The summed E-state index contributed by atoms with van der Waals surface area (Å²) in [5.74, 6) is -1.11. The quantitative estimate of drug-likeness (QED) is 0.225. The first-order chi connectivity index (χ1) is 22.3. The molecule has 1 N–H and O–H groups in total. The molecule has 2 aromatic carbocycles. The number of carbonyl (C=O) groups is 4. The maximum absolute atomic E-state index is 14.6. The number of hydrogen-bond donors (Lipinski definition) is 1. The lowest BCUT2D eigenvalue weighted by atomic mass is 9.84.